The van der Waals surface area contributed by atoms with Gasteiger partial charge in [-0.15, -0.1) is 0 Å². The van der Waals surface area contributed by atoms with Crippen molar-refractivity contribution in [2.45, 2.75) is 45.6 Å². The zero-order chi connectivity index (χ0) is 20.7. The molecule has 0 unspecified atom stereocenters. The molecule has 0 saturated carbocycles. The van der Waals surface area contributed by atoms with Crippen molar-refractivity contribution in [3.05, 3.63) is 62.5 Å². The van der Waals surface area contributed by atoms with Gasteiger partial charge >= 0.3 is 5.63 Å². The first-order chi connectivity index (χ1) is 14.7. The lowest BCUT2D eigenvalue weighted by atomic mass is 10.0. The van der Waals surface area contributed by atoms with Gasteiger partial charge in [0.05, 0.1) is 23.7 Å². The average Bonchev–Trinajstić information content (AvgIpc) is 3.26. The summed E-state index contributed by atoms with van der Waals surface area (Å²) in [5, 5.41) is 1.51. The first-order valence-electron chi connectivity index (χ1n) is 10.6. The molecule has 1 aliphatic heterocycles. The van der Waals surface area contributed by atoms with Gasteiger partial charge in [0.2, 0.25) is 0 Å². The summed E-state index contributed by atoms with van der Waals surface area (Å²) >= 11 is 6.56. The molecule has 0 amide bonds. The number of ether oxygens (including phenoxy) is 2. The highest BCUT2D eigenvalue weighted by Gasteiger charge is 2.28. The molecule has 1 aromatic heterocycles. The highest BCUT2D eigenvalue weighted by atomic mass is 35.5. The van der Waals surface area contributed by atoms with Gasteiger partial charge in [0, 0.05) is 16.6 Å². The smallest absolute Gasteiger partial charge is 0.339 e. The molecule has 0 fully saturated rings. The van der Waals surface area contributed by atoms with E-state index in [2.05, 4.69) is 11.8 Å². The molecular formula is C24H24ClNO4. The summed E-state index contributed by atoms with van der Waals surface area (Å²) in [4.78, 5) is 14.6. The van der Waals surface area contributed by atoms with Crippen LogP contribution in [0.1, 0.15) is 42.9 Å². The Morgan fingerprint density at radius 1 is 1.13 bits per heavy atom. The van der Waals surface area contributed by atoms with Crippen molar-refractivity contribution in [3.63, 3.8) is 0 Å². The summed E-state index contributed by atoms with van der Waals surface area (Å²) in [5.41, 5.74) is 4.09. The van der Waals surface area contributed by atoms with Crippen LogP contribution in [0.4, 0.5) is 5.69 Å². The highest BCUT2D eigenvalue weighted by molar-refractivity contribution is 6.33. The second kappa shape index (κ2) is 7.88. The number of halogens is 1. The molecule has 5 rings (SSSR count). The summed E-state index contributed by atoms with van der Waals surface area (Å²) in [5.74, 6) is 1.47. The van der Waals surface area contributed by atoms with Gasteiger partial charge in [0.15, 0.2) is 6.73 Å². The quantitative estimate of drug-likeness (QED) is 0.400. The molecule has 0 atom stereocenters. The topological polar surface area (TPSA) is 51.9 Å². The Bertz CT molecular complexity index is 1150. The van der Waals surface area contributed by atoms with Gasteiger partial charge in [0.1, 0.15) is 17.1 Å². The molecule has 30 heavy (non-hydrogen) atoms. The lowest BCUT2D eigenvalue weighted by Crippen LogP contribution is -2.32. The predicted molar refractivity (Wildman–Crippen MR) is 118 cm³/mol. The number of aryl methyl sites for hydroxylation is 1. The number of rotatable bonds is 5. The maximum Gasteiger partial charge on any atom is 0.339 e. The Kier molecular flexibility index (Phi) is 5.07. The van der Waals surface area contributed by atoms with Crippen LogP contribution in [-0.4, -0.2) is 13.3 Å². The van der Waals surface area contributed by atoms with Crippen LogP contribution < -0.4 is 20.0 Å². The molecule has 2 aliphatic rings. The molecule has 1 aliphatic carbocycles. The average molecular weight is 426 g/mol. The summed E-state index contributed by atoms with van der Waals surface area (Å²) < 4.78 is 17.5. The van der Waals surface area contributed by atoms with Crippen molar-refractivity contribution in [1.29, 1.82) is 0 Å². The Balaban J connectivity index is 1.49. The number of unbranched alkanes of at least 4 members (excludes halogenated alkanes) is 1. The molecule has 0 spiro atoms. The number of anilines is 1. The Morgan fingerprint density at radius 2 is 1.93 bits per heavy atom. The van der Waals surface area contributed by atoms with Gasteiger partial charge < -0.3 is 18.8 Å². The lowest BCUT2D eigenvalue weighted by molar-refractivity contribution is 0.289. The number of nitrogens with zero attached hydrogens (tertiary/aromatic N) is 1. The standard InChI is InChI=1S/C24H24ClNO4/c1-2-3-11-28-16-9-7-15(8-10-16)26-13-20-22-19(12-21(25)23(20)29-14-26)17-5-4-6-18(17)24(27)30-22/h7-10,12H,2-6,11,13-14H2,1H3. The zero-order valence-corrected chi connectivity index (χ0v) is 17.8. The van der Waals surface area contributed by atoms with Gasteiger partial charge in [-0.05, 0) is 61.6 Å². The molecule has 156 valence electrons. The summed E-state index contributed by atoms with van der Waals surface area (Å²) in [6.45, 7) is 3.81. The van der Waals surface area contributed by atoms with Crippen molar-refractivity contribution in [1.82, 2.24) is 0 Å². The number of fused-ring (bicyclic) bond motifs is 5. The highest BCUT2D eigenvalue weighted by Crippen LogP contribution is 2.41. The van der Waals surface area contributed by atoms with Gasteiger partial charge in [0.25, 0.3) is 0 Å². The first kappa shape index (κ1) is 19.3. The molecule has 6 heteroatoms. The van der Waals surface area contributed by atoms with Gasteiger partial charge in [-0.1, -0.05) is 24.9 Å². The minimum Gasteiger partial charge on any atom is -0.494 e. The third-order valence-electron chi connectivity index (χ3n) is 5.95. The Morgan fingerprint density at radius 3 is 2.73 bits per heavy atom. The maximum atomic E-state index is 12.5. The largest absolute Gasteiger partial charge is 0.494 e. The lowest BCUT2D eigenvalue weighted by Gasteiger charge is -2.31. The van der Waals surface area contributed by atoms with Crippen LogP contribution in [-0.2, 0) is 19.4 Å². The molecule has 0 bridgehead atoms. The van der Waals surface area contributed by atoms with Crippen LogP contribution in [0.2, 0.25) is 5.02 Å². The van der Waals surface area contributed by atoms with E-state index < -0.39 is 0 Å². The number of benzene rings is 2. The molecule has 0 saturated heterocycles. The van der Waals surface area contributed by atoms with Crippen LogP contribution in [0, 0.1) is 0 Å². The molecule has 3 aromatic rings. The SMILES string of the molecule is CCCCOc1ccc(N2COc3c(Cl)cc4c5c(c(=O)oc4c3C2)CCC5)cc1. The van der Waals surface area contributed by atoms with Crippen molar-refractivity contribution in [2.75, 3.05) is 18.2 Å². The van der Waals surface area contributed by atoms with Gasteiger partial charge in [-0.3, -0.25) is 0 Å². The molecule has 5 nitrogen and oxygen atoms in total. The number of hydrogen-bond acceptors (Lipinski definition) is 5. The summed E-state index contributed by atoms with van der Waals surface area (Å²) in [6.07, 6.45) is 4.79. The van der Waals surface area contributed by atoms with Crippen LogP contribution in [0.25, 0.3) is 11.0 Å². The van der Waals surface area contributed by atoms with E-state index in [1.54, 1.807) is 0 Å². The second-order valence-electron chi connectivity index (χ2n) is 7.91. The minimum atomic E-state index is -0.231. The fraction of sp³-hybridized carbons (Fsp3) is 0.375. The van der Waals surface area contributed by atoms with Crippen molar-refractivity contribution >= 4 is 28.3 Å². The molecule has 2 heterocycles. The summed E-state index contributed by atoms with van der Waals surface area (Å²) in [6, 6.07) is 9.89. The predicted octanol–water partition coefficient (Wildman–Crippen LogP) is 5.47. The van der Waals surface area contributed by atoms with E-state index in [0.29, 0.717) is 29.6 Å². The normalized spacial score (nSPS) is 15.1. The minimum absolute atomic E-state index is 0.231. The fourth-order valence-electron chi connectivity index (χ4n) is 4.36. The van der Waals surface area contributed by atoms with Gasteiger partial charge in [-0.25, -0.2) is 4.79 Å². The van der Waals surface area contributed by atoms with Gasteiger partial charge in [-0.2, -0.15) is 0 Å². The van der Waals surface area contributed by atoms with E-state index in [-0.39, 0.29) is 5.63 Å². The van der Waals surface area contributed by atoms with Crippen LogP contribution >= 0.6 is 11.6 Å². The monoisotopic (exact) mass is 425 g/mol. The molecule has 2 aromatic carbocycles. The molecule has 0 radical (unpaired) electrons. The van der Waals surface area contributed by atoms with E-state index in [1.165, 1.54) is 0 Å². The van der Waals surface area contributed by atoms with Crippen molar-refractivity contribution in [3.8, 4) is 11.5 Å². The van der Waals surface area contributed by atoms with Crippen molar-refractivity contribution < 1.29 is 13.9 Å². The zero-order valence-electron chi connectivity index (χ0n) is 17.0. The fourth-order valence-corrected chi connectivity index (χ4v) is 4.64. The van der Waals surface area contributed by atoms with E-state index >= 15 is 0 Å². The van der Waals surface area contributed by atoms with E-state index in [4.69, 9.17) is 25.5 Å². The summed E-state index contributed by atoms with van der Waals surface area (Å²) in [7, 11) is 0. The first-order valence-corrected chi connectivity index (χ1v) is 10.9. The molecular weight excluding hydrogens is 402 g/mol. The molecule has 0 N–H and O–H groups in total. The van der Waals surface area contributed by atoms with Crippen molar-refractivity contribution in [2.24, 2.45) is 0 Å². The van der Waals surface area contributed by atoms with Crippen LogP contribution in [0.3, 0.4) is 0 Å². The van der Waals surface area contributed by atoms with E-state index in [9.17, 15) is 4.79 Å². The van der Waals surface area contributed by atoms with E-state index in [0.717, 1.165) is 72.2 Å². The Hall–Kier alpha value is -2.66. The Labute approximate surface area is 180 Å². The maximum absolute atomic E-state index is 12.5. The number of hydrogen-bond donors (Lipinski definition) is 0. The second-order valence-corrected chi connectivity index (χ2v) is 8.32. The van der Waals surface area contributed by atoms with E-state index in [1.807, 2.05) is 30.3 Å². The van der Waals surface area contributed by atoms with Crippen LogP contribution in [0.5, 0.6) is 11.5 Å². The third-order valence-corrected chi connectivity index (χ3v) is 6.23. The third kappa shape index (κ3) is 3.31. The van der Waals surface area contributed by atoms with Crippen LogP contribution in [0.15, 0.2) is 39.5 Å².